The minimum atomic E-state index is 0.156. The monoisotopic (exact) mass is 212 g/mol. The Bertz CT molecular complexity index is 212. The summed E-state index contributed by atoms with van der Waals surface area (Å²) in [6.07, 6.45) is 5.56. The quantitative estimate of drug-likeness (QED) is 0.674. The van der Waals surface area contributed by atoms with Gasteiger partial charge in [-0.2, -0.15) is 0 Å². The van der Waals surface area contributed by atoms with Gasteiger partial charge >= 0.3 is 0 Å². The molecule has 0 heterocycles. The molecule has 0 aromatic carbocycles. The van der Waals surface area contributed by atoms with E-state index < -0.39 is 0 Å². The van der Waals surface area contributed by atoms with Gasteiger partial charge in [-0.15, -0.1) is 0 Å². The van der Waals surface area contributed by atoms with Crippen molar-refractivity contribution in [3.63, 3.8) is 0 Å². The highest BCUT2D eigenvalue weighted by molar-refractivity contribution is 5.78. The van der Waals surface area contributed by atoms with Gasteiger partial charge in [-0.3, -0.25) is 4.79 Å². The Balaban J connectivity index is 2.22. The number of amides is 1. The van der Waals surface area contributed by atoms with E-state index in [-0.39, 0.29) is 11.8 Å². The van der Waals surface area contributed by atoms with E-state index in [1.54, 1.807) is 0 Å². The van der Waals surface area contributed by atoms with Crippen molar-refractivity contribution < 1.29 is 4.79 Å². The first-order chi connectivity index (χ1) is 7.13. The molecule has 0 bridgehead atoms. The van der Waals surface area contributed by atoms with Crippen molar-refractivity contribution in [3.8, 4) is 0 Å². The molecule has 1 aliphatic carbocycles. The SMILES string of the molecule is CCCC(C)C(=O)NCC1(CCN)CC1. The lowest BCUT2D eigenvalue weighted by Crippen LogP contribution is -2.34. The third-order valence-corrected chi connectivity index (χ3v) is 3.44. The van der Waals surface area contributed by atoms with Gasteiger partial charge in [0.15, 0.2) is 0 Å². The third-order valence-electron chi connectivity index (χ3n) is 3.44. The molecule has 0 saturated heterocycles. The lowest BCUT2D eigenvalue weighted by molar-refractivity contribution is -0.124. The molecule has 0 aromatic rings. The molecule has 1 atom stereocenters. The van der Waals surface area contributed by atoms with Crippen molar-refractivity contribution in [3.05, 3.63) is 0 Å². The van der Waals surface area contributed by atoms with Crippen LogP contribution in [0.25, 0.3) is 0 Å². The number of carbonyl (C=O) groups is 1. The molecule has 1 fully saturated rings. The second kappa shape index (κ2) is 5.50. The topological polar surface area (TPSA) is 55.1 Å². The summed E-state index contributed by atoms with van der Waals surface area (Å²) < 4.78 is 0. The van der Waals surface area contributed by atoms with Crippen LogP contribution in [0.15, 0.2) is 0 Å². The molecule has 1 saturated carbocycles. The standard InChI is InChI=1S/C12H24N2O/c1-3-4-10(2)11(15)14-9-12(5-6-12)7-8-13/h10H,3-9,13H2,1-2H3,(H,14,15). The Morgan fingerprint density at radius 1 is 1.53 bits per heavy atom. The largest absolute Gasteiger partial charge is 0.355 e. The molecule has 88 valence electrons. The summed E-state index contributed by atoms with van der Waals surface area (Å²) >= 11 is 0. The maximum absolute atomic E-state index is 11.7. The zero-order valence-corrected chi connectivity index (χ0v) is 10.0. The average Bonchev–Trinajstić information content (AvgIpc) is 2.96. The summed E-state index contributed by atoms with van der Waals surface area (Å²) in [5.41, 5.74) is 5.91. The van der Waals surface area contributed by atoms with Crippen LogP contribution in [0.3, 0.4) is 0 Å². The summed E-state index contributed by atoms with van der Waals surface area (Å²) in [5.74, 6) is 0.365. The summed E-state index contributed by atoms with van der Waals surface area (Å²) in [7, 11) is 0. The van der Waals surface area contributed by atoms with Crippen molar-refractivity contribution in [1.29, 1.82) is 0 Å². The molecule has 0 aromatic heterocycles. The van der Waals surface area contributed by atoms with Crippen LogP contribution in [0.2, 0.25) is 0 Å². The Hall–Kier alpha value is -0.570. The van der Waals surface area contributed by atoms with Crippen LogP contribution in [0, 0.1) is 11.3 Å². The maximum atomic E-state index is 11.7. The number of nitrogens with two attached hydrogens (primary N) is 1. The smallest absolute Gasteiger partial charge is 0.222 e. The number of nitrogens with one attached hydrogen (secondary N) is 1. The fraction of sp³-hybridized carbons (Fsp3) is 0.917. The molecule has 3 N–H and O–H groups in total. The fourth-order valence-electron chi connectivity index (χ4n) is 2.01. The van der Waals surface area contributed by atoms with E-state index >= 15 is 0 Å². The first-order valence-electron chi connectivity index (χ1n) is 6.11. The Kier molecular flexibility index (Phi) is 4.58. The molecule has 3 heteroatoms. The van der Waals surface area contributed by atoms with Gasteiger partial charge in [0.25, 0.3) is 0 Å². The van der Waals surface area contributed by atoms with Crippen molar-refractivity contribution >= 4 is 5.91 Å². The minimum absolute atomic E-state index is 0.156. The molecule has 0 aliphatic heterocycles. The van der Waals surface area contributed by atoms with Gasteiger partial charge in [0.2, 0.25) is 5.91 Å². The van der Waals surface area contributed by atoms with Gasteiger partial charge in [0.1, 0.15) is 0 Å². The zero-order valence-electron chi connectivity index (χ0n) is 10.0. The van der Waals surface area contributed by atoms with E-state index in [4.69, 9.17) is 5.73 Å². The van der Waals surface area contributed by atoms with E-state index in [0.717, 1.165) is 32.4 Å². The van der Waals surface area contributed by atoms with Gasteiger partial charge in [0.05, 0.1) is 0 Å². The van der Waals surface area contributed by atoms with E-state index in [1.807, 2.05) is 6.92 Å². The average molecular weight is 212 g/mol. The normalized spacial score (nSPS) is 19.7. The van der Waals surface area contributed by atoms with Crippen molar-refractivity contribution in [1.82, 2.24) is 5.32 Å². The molecule has 15 heavy (non-hydrogen) atoms. The molecule has 3 nitrogen and oxygen atoms in total. The lowest BCUT2D eigenvalue weighted by Gasteiger charge is -2.17. The molecule has 1 unspecified atom stereocenters. The first kappa shape index (κ1) is 12.5. The van der Waals surface area contributed by atoms with Crippen LogP contribution >= 0.6 is 0 Å². The molecular weight excluding hydrogens is 188 g/mol. The summed E-state index contributed by atoms with van der Waals surface area (Å²) in [6, 6.07) is 0. The second-order valence-electron chi connectivity index (χ2n) is 4.95. The fourth-order valence-corrected chi connectivity index (χ4v) is 2.01. The Morgan fingerprint density at radius 2 is 2.20 bits per heavy atom. The maximum Gasteiger partial charge on any atom is 0.222 e. The molecular formula is C12H24N2O. The summed E-state index contributed by atoms with van der Waals surface area (Å²) in [4.78, 5) is 11.7. The highest BCUT2D eigenvalue weighted by atomic mass is 16.1. The van der Waals surface area contributed by atoms with Crippen molar-refractivity contribution in [2.75, 3.05) is 13.1 Å². The molecule has 0 spiro atoms. The third kappa shape index (κ3) is 3.82. The first-order valence-corrected chi connectivity index (χ1v) is 6.11. The molecule has 1 amide bonds. The summed E-state index contributed by atoms with van der Waals surface area (Å²) in [6.45, 7) is 5.68. The van der Waals surface area contributed by atoms with E-state index in [1.165, 1.54) is 12.8 Å². The summed E-state index contributed by atoms with van der Waals surface area (Å²) in [5, 5.41) is 3.06. The van der Waals surface area contributed by atoms with Crippen LogP contribution in [0.4, 0.5) is 0 Å². The zero-order chi connectivity index (χ0) is 11.3. The second-order valence-corrected chi connectivity index (χ2v) is 4.95. The number of hydrogen-bond donors (Lipinski definition) is 2. The highest BCUT2D eigenvalue weighted by Crippen LogP contribution is 2.47. The van der Waals surface area contributed by atoms with Crippen LogP contribution in [0.1, 0.15) is 46.0 Å². The van der Waals surface area contributed by atoms with Gasteiger partial charge < -0.3 is 11.1 Å². The Labute approximate surface area is 92.8 Å². The van der Waals surface area contributed by atoms with E-state index in [2.05, 4.69) is 12.2 Å². The lowest BCUT2D eigenvalue weighted by atomic mass is 10.0. The van der Waals surface area contributed by atoms with Gasteiger partial charge in [-0.05, 0) is 37.6 Å². The van der Waals surface area contributed by atoms with Crippen molar-refractivity contribution in [2.45, 2.75) is 46.0 Å². The van der Waals surface area contributed by atoms with Crippen molar-refractivity contribution in [2.24, 2.45) is 17.1 Å². The molecule has 0 radical (unpaired) electrons. The van der Waals surface area contributed by atoms with E-state index in [0.29, 0.717) is 5.41 Å². The highest BCUT2D eigenvalue weighted by Gasteiger charge is 2.41. The predicted octanol–water partition coefficient (Wildman–Crippen LogP) is 1.67. The van der Waals surface area contributed by atoms with Crippen LogP contribution in [-0.4, -0.2) is 19.0 Å². The minimum Gasteiger partial charge on any atom is -0.355 e. The molecule has 1 rings (SSSR count). The predicted molar refractivity (Wildman–Crippen MR) is 62.4 cm³/mol. The van der Waals surface area contributed by atoms with Gasteiger partial charge in [-0.1, -0.05) is 20.3 Å². The number of rotatable bonds is 7. The van der Waals surface area contributed by atoms with Gasteiger partial charge in [-0.25, -0.2) is 0 Å². The van der Waals surface area contributed by atoms with Gasteiger partial charge in [0, 0.05) is 12.5 Å². The molecule has 1 aliphatic rings. The number of hydrogen-bond acceptors (Lipinski definition) is 2. The van der Waals surface area contributed by atoms with Crippen LogP contribution < -0.4 is 11.1 Å². The van der Waals surface area contributed by atoms with E-state index in [9.17, 15) is 4.79 Å². The van der Waals surface area contributed by atoms with Crippen LogP contribution in [-0.2, 0) is 4.79 Å². The number of carbonyl (C=O) groups excluding carboxylic acids is 1. The Morgan fingerprint density at radius 3 is 2.67 bits per heavy atom. The van der Waals surface area contributed by atoms with Crippen LogP contribution in [0.5, 0.6) is 0 Å².